The van der Waals surface area contributed by atoms with Gasteiger partial charge in [0.15, 0.2) is 0 Å². The van der Waals surface area contributed by atoms with Crippen molar-refractivity contribution in [2.24, 2.45) is 0 Å². The van der Waals surface area contributed by atoms with Gasteiger partial charge in [-0.25, -0.2) is 9.37 Å². The fourth-order valence-electron chi connectivity index (χ4n) is 1.72. The van der Waals surface area contributed by atoms with Crippen LogP contribution in [0.25, 0.3) is 0 Å². The Morgan fingerprint density at radius 1 is 1.40 bits per heavy atom. The first-order valence-electron chi connectivity index (χ1n) is 5.88. The normalized spacial score (nSPS) is 10.2. The molecule has 6 heteroatoms. The number of nitrogen functional groups attached to an aromatic ring is 1. The number of pyridine rings is 1. The highest BCUT2D eigenvalue weighted by molar-refractivity contribution is 6.07. The standard InChI is InChI=1S/C14H14FN3O2/c1-8-5-10(20-2)3-4-12(8)18-14(19)11-6-9(15)7-17-13(11)16/h3-7H,1-2H3,(H2,16,17)(H,18,19). The number of halogens is 1. The van der Waals surface area contributed by atoms with Crippen LogP contribution in [0.15, 0.2) is 30.5 Å². The Hall–Kier alpha value is -2.63. The quantitative estimate of drug-likeness (QED) is 0.901. The first-order valence-corrected chi connectivity index (χ1v) is 5.88. The molecule has 0 unspecified atom stereocenters. The fourth-order valence-corrected chi connectivity index (χ4v) is 1.72. The van der Waals surface area contributed by atoms with Crippen molar-refractivity contribution in [2.75, 3.05) is 18.2 Å². The number of nitrogens with zero attached hydrogens (tertiary/aromatic N) is 1. The van der Waals surface area contributed by atoms with Gasteiger partial charge in [-0.05, 0) is 36.8 Å². The van der Waals surface area contributed by atoms with E-state index in [1.54, 1.807) is 25.3 Å². The zero-order valence-corrected chi connectivity index (χ0v) is 11.1. The highest BCUT2D eigenvalue weighted by atomic mass is 19.1. The van der Waals surface area contributed by atoms with Gasteiger partial charge in [0.05, 0.1) is 18.9 Å². The molecule has 0 spiro atoms. The van der Waals surface area contributed by atoms with Crippen LogP contribution in [-0.2, 0) is 0 Å². The Morgan fingerprint density at radius 2 is 2.15 bits per heavy atom. The number of ether oxygens (including phenoxy) is 1. The van der Waals surface area contributed by atoms with Crippen LogP contribution < -0.4 is 15.8 Å². The third kappa shape index (κ3) is 2.85. The number of benzene rings is 1. The van der Waals surface area contributed by atoms with Crippen molar-refractivity contribution in [1.82, 2.24) is 4.98 Å². The van der Waals surface area contributed by atoms with Gasteiger partial charge in [-0.2, -0.15) is 0 Å². The van der Waals surface area contributed by atoms with Crippen LogP contribution in [0.2, 0.25) is 0 Å². The Balaban J connectivity index is 2.25. The summed E-state index contributed by atoms with van der Waals surface area (Å²) >= 11 is 0. The molecule has 0 saturated heterocycles. The molecule has 0 saturated carbocycles. The van der Waals surface area contributed by atoms with E-state index in [2.05, 4.69) is 10.3 Å². The number of aryl methyl sites for hydroxylation is 1. The van der Waals surface area contributed by atoms with E-state index < -0.39 is 11.7 Å². The van der Waals surface area contributed by atoms with Gasteiger partial charge in [0, 0.05) is 5.69 Å². The van der Waals surface area contributed by atoms with Crippen LogP contribution in [0.3, 0.4) is 0 Å². The number of carbonyl (C=O) groups excluding carboxylic acids is 1. The van der Waals surface area contributed by atoms with Gasteiger partial charge in [0.1, 0.15) is 17.4 Å². The van der Waals surface area contributed by atoms with E-state index >= 15 is 0 Å². The van der Waals surface area contributed by atoms with Crippen molar-refractivity contribution in [3.63, 3.8) is 0 Å². The van der Waals surface area contributed by atoms with E-state index in [4.69, 9.17) is 10.5 Å². The molecule has 0 fully saturated rings. The molecule has 0 aliphatic carbocycles. The van der Waals surface area contributed by atoms with Gasteiger partial charge in [0.25, 0.3) is 5.91 Å². The summed E-state index contributed by atoms with van der Waals surface area (Å²) in [4.78, 5) is 15.7. The van der Waals surface area contributed by atoms with Crippen LogP contribution in [-0.4, -0.2) is 18.0 Å². The molecule has 0 aliphatic heterocycles. The number of hydrogen-bond acceptors (Lipinski definition) is 4. The van der Waals surface area contributed by atoms with Crippen molar-refractivity contribution in [3.05, 3.63) is 47.4 Å². The lowest BCUT2D eigenvalue weighted by atomic mass is 10.1. The molecule has 1 aromatic carbocycles. The maximum Gasteiger partial charge on any atom is 0.259 e. The summed E-state index contributed by atoms with van der Waals surface area (Å²) in [6.07, 6.45) is 0.963. The average Bonchev–Trinajstić information content (AvgIpc) is 2.43. The van der Waals surface area contributed by atoms with E-state index in [1.165, 1.54) is 0 Å². The minimum absolute atomic E-state index is 0.000202. The van der Waals surface area contributed by atoms with Gasteiger partial charge in [-0.1, -0.05) is 0 Å². The highest BCUT2D eigenvalue weighted by Crippen LogP contribution is 2.22. The lowest BCUT2D eigenvalue weighted by Gasteiger charge is -2.10. The monoisotopic (exact) mass is 275 g/mol. The van der Waals surface area contributed by atoms with Gasteiger partial charge >= 0.3 is 0 Å². The SMILES string of the molecule is COc1ccc(NC(=O)c2cc(F)cnc2N)c(C)c1. The number of carbonyl (C=O) groups is 1. The van der Waals surface area contributed by atoms with Crippen LogP contribution in [0.1, 0.15) is 15.9 Å². The first-order chi connectivity index (χ1) is 9.51. The van der Waals surface area contributed by atoms with Crippen molar-refractivity contribution in [1.29, 1.82) is 0 Å². The van der Waals surface area contributed by atoms with Crippen molar-refractivity contribution in [3.8, 4) is 5.75 Å². The van der Waals surface area contributed by atoms with E-state index in [9.17, 15) is 9.18 Å². The van der Waals surface area contributed by atoms with Crippen LogP contribution in [0.4, 0.5) is 15.9 Å². The number of amides is 1. The molecule has 5 nitrogen and oxygen atoms in total. The van der Waals surface area contributed by atoms with Gasteiger partial charge in [-0.3, -0.25) is 4.79 Å². The second-order valence-electron chi connectivity index (χ2n) is 4.22. The number of anilines is 2. The number of hydrogen-bond donors (Lipinski definition) is 2. The predicted molar refractivity (Wildman–Crippen MR) is 74.3 cm³/mol. The van der Waals surface area contributed by atoms with Gasteiger partial charge < -0.3 is 15.8 Å². The van der Waals surface area contributed by atoms with Crippen molar-refractivity contribution >= 4 is 17.4 Å². The Bertz CT molecular complexity index is 659. The first kappa shape index (κ1) is 13.8. The van der Waals surface area contributed by atoms with Gasteiger partial charge in [0.2, 0.25) is 0 Å². The Morgan fingerprint density at radius 3 is 2.80 bits per heavy atom. The third-order valence-corrected chi connectivity index (χ3v) is 2.81. The summed E-state index contributed by atoms with van der Waals surface area (Å²) < 4.78 is 18.2. The summed E-state index contributed by atoms with van der Waals surface area (Å²) in [5.74, 6) is -0.457. The molecule has 1 aromatic heterocycles. The van der Waals surface area contributed by atoms with Crippen LogP contribution in [0, 0.1) is 12.7 Å². The van der Waals surface area contributed by atoms with E-state index in [-0.39, 0.29) is 11.4 Å². The topological polar surface area (TPSA) is 77.2 Å². The molecule has 0 radical (unpaired) electrons. The Kier molecular flexibility index (Phi) is 3.84. The molecule has 1 heterocycles. The van der Waals surface area contributed by atoms with Crippen molar-refractivity contribution < 1.29 is 13.9 Å². The molecule has 1 amide bonds. The number of methoxy groups -OCH3 is 1. The molecular formula is C14H14FN3O2. The lowest BCUT2D eigenvalue weighted by Crippen LogP contribution is -2.16. The number of nitrogens with two attached hydrogens (primary N) is 1. The molecule has 104 valence electrons. The van der Waals surface area contributed by atoms with E-state index in [0.29, 0.717) is 11.4 Å². The summed E-state index contributed by atoms with van der Waals surface area (Å²) in [5, 5.41) is 2.66. The summed E-state index contributed by atoms with van der Waals surface area (Å²) in [6, 6.07) is 6.25. The molecule has 2 rings (SSSR count). The summed E-state index contributed by atoms with van der Waals surface area (Å²) in [7, 11) is 1.56. The molecule has 20 heavy (non-hydrogen) atoms. The zero-order chi connectivity index (χ0) is 14.7. The third-order valence-electron chi connectivity index (χ3n) is 2.81. The average molecular weight is 275 g/mol. The minimum atomic E-state index is -0.615. The molecule has 0 aliphatic rings. The summed E-state index contributed by atoms with van der Waals surface area (Å²) in [5.41, 5.74) is 6.99. The molecule has 2 aromatic rings. The molecule has 0 bridgehead atoms. The maximum atomic E-state index is 13.1. The van der Waals surface area contributed by atoms with E-state index in [1.807, 2.05) is 6.92 Å². The molecule has 0 atom stereocenters. The van der Waals surface area contributed by atoms with Crippen LogP contribution in [0.5, 0.6) is 5.75 Å². The molecular weight excluding hydrogens is 261 g/mol. The van der Waals surface area contributed by atoms with Crippen LogP contribution >= 0.6 is 0 Å². The smallest absolute Gasteiger partial charge is 0.259 e. The molecule has 3 N–H and O–H groups in total. The minimum Gasteiger partial charge on any atom is -0.497 e. The summed E-state index contributed by atoms with van der Waals surface area (Å²) in [6.45, 7) is 1.82. The predicted octanol–water partition coefficient (Wildman–Crippen LogP) is 2.37. The maximum absolute atomic E-state index is 13.1. The second-order valence-corrected chi connectivity index (χ2v) is 4.22. The van der Waals surface area contributed by atoms with E-state index in [0.717, 1.165) is 17.8 Å². The zero-order valence-electron chi connectivity index (χ0n) is 11.1. The van der Waals surface area contributed by atoms with Crippen molar-refractivity contribution in [2.45, 2.75) is 6.92 Å². The Labute approximate surface area is 115 Å². The number of nitrogens with one attached hydrogen (secondary N) is 1. The number of aromatic nitrogens is 1. The fraction of sp³-hybridized carbons (Fsp3) is 0.143. The lowest BCUT2D eigenvalue weighted by molar-refractivity contribution is 0.102. The van der Waals surface area contributed by atoms with Gasteiger partial charge in [-0.15, -0.1) is 0 Å². The largest absolute Gasteiger partial charge is 0.497 e. The highest BCUT2D eigenvalue weighted by Gasteiger charge is 2.13. The number of rotatable bonds is 3. The second kappa shape index (κ2) is 5.56.